The van der Waals surface area contributed by atoms with E-state index in [0.29, 0.717) is 17.8 Å². The Kier molecular flexibility index (Phi) is 3.75. The summed E-state index contributed by atoms with van der Waals surface area (Å²) >= 11 is 0. The van der Waals surface area contributed by atoms with E-state index in [9.17, 15) is 14.4 Å². The number of carbonyl (C=O) groups is 3. The number of hydrogen-bond acceptors (Lipinski definition) is 4. The summed E-state index contributed by atoms with van der Waals surface area (Å²) in [5, 5.41) is 2.26. The number of aliphatic imine (C=N–C) groups is 1. The molecule has 1 saturated carbocycles. The maximum absolute atomic E-state index is 12.7. The molecular formula is C16H17N3O3. The van der Waals surface area contributed by atoms with E-state index < -0.39 is 23.8 Å². The van der Waals surface area contributed by atoms with Crippen LogP contribution in [0.4, 0.5) is 10.5 Å². The Bertz CT molecular complexity index is 650. The number of para-hydroxylation sites is 1. The van der Waals surface area contributed by atoms with Crippen molar-refractivity contribution in [1.29, 1.82) is 0 Å². The van der Waals surface area contributed by atoms with Gasteiger partial charge >= 0.3 is 6.03 Å². The highest BCUT2D eigenvalue weighted by Crippen LogP contribution is 2.27. The van der Waals surface area contributed by atoms with Gasteiger partial charge in [-0.1, -0.05) is 25.1 Å². The second-order valence-corrected chi connectivity index (χ2v) is 5.44. The minimum absolute atomic E-state index is 0.221. The molecule has 2 fully saturated rings. The van der Waals surface area contributed by atoms with E-state index in [1.165, 1.54) is 0 Å². The van der Waals surface area contributed by atoms with Gasteiger partial charge in [0.05, 0.1) is 11.7 Å². The van der Waals surface area contributed by atoms with Crippen molar-refractivity contribution < 1.29 is 14.4 Å². The molecule has 6 heteroatoms. The molecule has 0 bridgehead atoms. The zero-order chi connectivity index (χ0) is 15.7. The Balaban J connectivity index is 1.95. The van der Waals surface area contributed by atoms with Gasteiger partial charge in [0.15, 0.2) is 5.92 Å². The van der Waals surface area contributed by atoms with Crippen molar-refractivity contribution in [2.45, 2.75) is 32.2 Å². The normalized spacial score (nSPS) is 22.8. The Morgan fingerprint density at radius 2 is 1.91 bits per heavy atom. The Morgan fingerprint density at radius 1 is 1.23 bits per heavy atom. The molecule has 2 aliphatic rings. The van der Waals surface area contributed by atoms with E-state index in [1.807, 2.05) is 6.92 Å². The highest BCUT2D eigenvalue weighted by molar-refractivity contribution is 6.35. The van der Waals surface area contributed by atoms with E-state index in [4.69, 9.17) is 0 Å². The van der Waals surface area contributed by atoms with Crippen LogP contribution in [-0.4, -0.2) is 29.6 Å². The molecule has 1 aromatic carbocycles. The van der Waals surface area contributed by atoms with Crippen LogP contribution in [-0.2, 0) is 9.59 Å². The number of nitrogens with zero attached hydrogens (tertiary/aromatic N) is 2. The van der Waals surface area contributed by atoms with Gasteiger partial charge < -0.3 is 0 Å². The van der Waals surface area contributed by atoms with Crippen LogP contribution in [0.1, 0.15) is 26.2 Å². The SMILES string of the molecule is CCC(=NC1CC1)C1C(=O)NC(=O)N(c2ccccc2)C1=O. The van der Waals surface area contributed by atoms with Gasteiger partial charge in [0.25, 0.3) is 5.91 Å². The summed E-state index contributed by atoms with van der Waals surface area (Å²) in [5.41, 5.74) is 1.00. The van der Waals surface area contributed by atoms with Gasteiger partial charge in [-0.05, 0) is 31.4 Å². The molecule has 1 aliphatic heterocycles. The molecule has 114 valence electrons. The van der Waals surface area contributed by atoms with E-state index in [2.05, 4.69) is 10.3 Å². The molecule has 0 spiro atoms. The van der Waals surface area contributed by atoms with E-state index >= 15 is 0 Å². The minimum Gasteiger partial charge on any atom is -0.289 e. The molecule has 3 rings (SSSR count). The fourth-order valence-electron chi connectivity index (χ4n) is 2.50. The van der Waals surface area contributed by atoms with Crippen LogP contribution in [0.5, 0.6) is 0 Å². The number of rotatable bonds is 4. The summed E-state index contributed by atoms with van der Waals surface area (Å²) in [7, 11) is 0. The van der Waals surface area contributed by atoms with Gasteiger partial charge in [0, 0.05) is 5.71 Å². The van der Waals surface area contributed by atoms with E-state index in [1.54, 1.807) is 30.3 Å². The maximum atomic E-state index is 12.7. The van der Waals surface area contributed by atoms with E-state index in [-0.39, 0.29) is 6.04 Å². The first-order valence-corrected chi connectivity index (χ1v) is 7.42. The molecule has 0 radical (unpaired) electrons. The summed E-state index contributed by atoms with van der Waals surface area (Å²) in [6, 6.07) is 8.10. The number of barbiturate groups is 1. The van der Waals surface area contributed by atoms with Crippen molar-refractivity contribution >= 4 is 29.2 Å². The smallest absolute Gasteiger partial charge is 0.289 e. The van der Waals surface area contributed by atoms with Gasteiger partial charge in [-0.25, -0.2) is 9.69 Å². The third kappa shape index (κ3) is 2.64. The lowest BCUT2D eigenvalue weighted by Crippen LogP contribution is -2.60. The van der Waals surface area contributed by atoms with Crippen LogP contribution < -0.4 is 10.2 Å². The fourth-order valence-corrected chi connectivity index (χ4v) is 2.50. The predicted octanol–water partition coefficient (Wildman–Crippen LogP) is 1.90. The molecule has 1 unspecified atom stereocenters. The highest BCUT2D eigenvalue weighted by atomic mass is 16.2. The first-order valence-electron chi connectivity index (χ1n) is 7.42. The summed E-state index contributed by atoms with van der Waals surface area (Å²) in [5.74, 6) is -2.12. The Hall–Kier alpha value is -2.50. The van der Waals surface area contributed by atoms with Crippen LogP contribution >= 0.6 is 0 Å². The molecule has 1 saturated heterocycles. The average Bonchev–Trinajstić information content (AvgIpc) is 3.31. The number of hydrogen-bond donors (Lipinski definition) is 1. The molecule has 1 aliphatic carbocycles. The Labute approximate surface area is 128 Å². The van der Waals surface area contributed by atoms with Crippen LogP contribution in [0.15, 0.2) is 35.3 Å². The van der Waals surface area contributed by atoms with Gasteiger partial charge in [-0.2, -0.15) is 0 Å². The quantitative estimate of drug-likeness (QED) is 0.681. The maximum Gasteiger partial charge on any atom is 0.335 e. The average molecular weight is 299 g/mol. The summed E-state index contributed by atoms with van der Waals surface area (Å²) < 4.78 is 0. The fraction of sp³-hybridized carbons (Fsp3) is 0.375. The second-order valence-electron chi connectivity index (χ2n) is 5.44. The van der Waals surface area contributed by atoms with Crippen molar-refractivity contribution in [2.75, 3.05) is 4.90 Å². The number of nitrogens with one attached hydrogen (secondary N) is 1. The molecule has 6 nitrogen and oxygen atoms in total. The third-order valence-corrected chi connectivity index (χ3v) is 3.77. The molecule has 22 heavy (non-hydrogen) atoms. The monoisotopic (exact) mass is 299 g/mol. The van der Waals surface area contributed by atoms with E-state index in [0.717, 1.165) is 17.7 Å². The highest BCUT2D eigenvalue weighted by Gasteiger charge is 2.44. The van der Waals surface area contributed by atoms with Crippen LogP contribution in [0.3, 0.4) is 0 Å². The standard InChI is InChI=1S/C16H17N3O3/c1-2-12(17-10-8-9-10)13-14(20)18-16(22)19(15(13)21)11-6-4-3-5-7-11/h3-7,10,13H,2,8-9H2,1H3,(H,18,20,22). The van der Waals surface area contributed by atoms with Gasteiger partial charge in [-0.3, -0.25) is 19.9 Å². The zero-order valence-electron chi connectivity index (χ0n) is 12.3. The van der Waals surface area contributed by atoms with Crippen LogP contribution in [0.2, 0.25) is 0 Å². The largest absolute Gasteiger partial charge is 0.335 e. The van der Waals surface area contributed by atoms with Gasteiger partial charge in [-0.15, -0.1) is 0 Å². The topological polar surface area (TPSA) is 78.8 Å². The van der Waals surface area contributed by atoms with Crippen molar-refractivity contribution in [2.24, 2.45) is 10.9 Å². The number of anilines is 1. The number of carbonyl (C=O) groups excluding carboxylic acids is 3. The molecule has 1 aromatic rings. The predicted molar refractivity (Wildman–Crippen MR) is 81.7 cm³/mol. The number of benzene rings is 1. The number of imide groups is 2. The molecule has 0 aromatic heterocycles. The second kappa shape index (κ2) is 5.71. The van der Waals surface area contributed by atoms with Crippen molar-refractivity contribution in [3.63, 3.8) is 0 Å². The van der Waals surface area contributed by atoms with Crippen LogP contribution in [0.25, 0.3) is 0 Å². The molecular weight excluding hydrogens is 282 g/mol. The summed E-state index contributed by atoms with van der Waals surface area (Å²) in [6.07, 6.45) is 2.50. The van der Waals surface area contributed by atoms with Gasteiger partial charge in [0.1, 0.15) is 0 Å². The molecule has 1 heterocycles. The van der Waals surface area contributed by atoms with Gasteiger partial charge in [0.2, 0.25) is 5.91 Å². The summed E-state index contributed by atoms with van der Waals surface area (Å²) in [4.78, 5) is 42.4. The lowest BCUT2D eigenvalue weighted by molar-refractivity contribution is -0.131. The zero-order valence-corrected chi connectivity index (χ0v) is 12.3. The van der Waals surface area contributed by atoms with Crippen molar-refractivity contribution in [3.8, 4) is 0 Å². The number of urea groups is 1. The van der Waals surface area contributed by atoms with Crippen LogP contribution in [0, 0.1) is 5.92 Å². The lowest BCUT2D eigenvalue weighted by Gasteiger charge is -2.30. The first-order chi connectivity index (χ1) is 10.6. The van der Waals surface area contributed by atoms with Crippen molar-refractivity contribution in [3.05, 3.63) is 30.3 Å². The lowest BCUT2D eigenvalue weighted by atomic mass is 9.96. The van der Waals surface area contributed by atoms with Crippen molar-refractivity contribution in [1.82, 2.24) is 5.32 Å². The minimum atomic E-state index is -1.01. The first kappa shape index (κ1) is 14.4. The third-order valence-electron chi connectivity index (χ3n) is 3.77. The molecule has 1 atom stereocenters. The molecule has 4 amide bonds. The molecule has 1 N–H and O–H groups in total. The number of amides is 4. The Morgan fingerprint density at radius 3 is 2.50 bits per heavy atom. The summed E-state index contributed by atoms with van der Waals surface area (Å²) in [6.45, 7) is 1.87.